The summed E-state index contributed by atoms with van der Waals surface area (Å²) in [5.74, 6) is 0.531. The first-order valence-electron chi connectivity index (χ1n) is 8.64. The Hall–Kier alpha value is -1.74. The Morgan fingerprint density at radius 3 is 2.12 bits per heavy atom. The van der Waals surface area contributed by atoms with E-state index in [9.17, 15) is 0 Å². The SMILES string of the molecule is COC(C)CCO/C=C(\C)c1cccc(/C(C)=C/OCC(C)C)c1. The molecule has 0 radical (unpaired) electrons. The van der Waals surface area contributed by atoms with Gasteiger partial charge in [-0.15, -0.1) is 0 Å². The predicted octanol–water partition coefficient (Wildman–Crippen LogP) is 5.52. The van der Waals surface area contributed by atoms with Gasteiger partial charge in [-0.05, 0) is 55.0 Å². The van der Waals surface area contributed by atoms with Crippen LogP contribution in [0.2, 0.25) is 0 Å². The van der Waals surface area contributed by atoms with Crippen molar-refractivity contribution in [1.82, 2.24) is 0 Å². The van der Waals surface area contributed by atoms with Crippen LogP contribution in [0.1, 0.15) is 52.2 Å². The zero-order valence-corrected chi connectivity index (χ0v) is 16.0. The summed E-state index contributed by atoms with van der Waals surface area (Å²) < 4.78 is 16.5. The molecule has 0 aliphatic carbocycles. The number of hydrogen-bond donors (Lipinski definition) is 0. The summed E-state index contributed by atoms with van der Waals surface area (Å²) in [6.45, 7) is 11.9. The molecule has 0 saturated carbocycles. The third-order valence-electron chi connectivity index (χ3n) is 3.77. The maximum atomic E-state index is 5.63. The van der Waals surface area contributed by atoms with Crippen LogP contribution in [0, 0.1) is 5.92 Å². The molecule has 0 aromatic heterocycles. The Balaban J connectivity index is 2.66. The van der Waals surface area contributed by atoms with Crippen LogP contribution in [0.5, 0.6) is 0 Å². The van der Waals surface area contributed by atoms with Crippen LogP contribution in [-0.4, -0.2) is 26.4 Å². The van der Waals surface area contributed by atoms with Crippen LogP contribution in [0.3, 0.4) is 0 Å². The van der Waals surface area contributed by atoms with E-state index in [4.69, 9.17) is 14.2 Å². The molecule has 0 saturated heterocycles. The quantitative estimate of drug-likeness (QED) is 0.417. The highest BCUT2D eigenvalue weighted by Crippen LogP contribution is 2.20. The highest BCUT2D eigenvalue weighted by atomic mass is 16.5. The fraction of sp³-hybridized carbons (Fsp3) is 0.524. The van der Waals surface area contributed by atoms with Crippen molar-refractivity contribution in [3.63, 3.8) is 0 Å². The smallest absolute Gasteiger partial charge is 0.0898 e. The summed E-state index contributed by atoms with van der Waals surface area (Å²) in [5, 5.41) is 0. The van der Waals surface area contributed by atoms with Gasteiger partial charge in [-0.1, -0.05) is 32.0 Å². The molecule has 0 aliphatic rings. The number of rotatable bonds is 10. The van der Waals surface area contributed by atoms with Gasteiger partial charge in [-0.3, -0.25) is 0 Å². The van der Waals surface area contributed by atoms with E-state index in [2.05, 4.69) is 52.0 Å². The molecule has 0 aliphatic heterocycles. The van der Waals surface area contributed by atoms with Crippen molar-refractivity contribution in [2.24, 2.45) is 5.92 Å². The Morgan fingerprint density at radius 2 is 1.58 bits per heavy atom. The van der Waals surface area contributed by atoms with Crippen molar-refractivity contribution in [2.75, 3.05) is 20.3 Å². The van der Waals surface area contributed by atoms with Gasteiger partial charge < -0.3 is 14.2 Å². The lowest BCUT2D eigenvalue weighted by Gasteiger charge is -2.10. The maximum absolute atomic E-state index is 5.63. The summed E-state index contributed by atoms with van der Waals surface area (Å²) in [7, 11) is 1.72. The number of hydrogen-bond acceptors (Lipinski definition) is 3. The molecular formula is C21H32O3. The van der Waals surface area contributed by atoms with Gasteiger partial charge in [0, 0.05) is 13.5 Å². The number of methoxy groups -OCH3 is 1. The third-order valence-corrected chi connectivity index (χ3v) is 3.77. The highest BCUT2D eigenvalue weighted by molar-refractivity contribution is 5.70. The summed E-state index contributed by atoms with van der Waals surface area (Å²) in [6.07, 6.45) is 4.78. The minimum Gasteiger partial charge on any atom is -0.501 e. The van der Waals surface area contributed by atoms with Crippen LogP contribution in [0.25, 0.3) is 11.1 Å². The standard InChI is InChI=1S/C21H32O3/c1-16(2)13-24-15-18(4)21-9-7-8-20(12-21)17(3)14-23-11-10-19(5)22-6/h7-9,12,14-16,19H,10-11,13H2,1-6H3/b17-14+,18-15+. The van der Waals surface area contributed by atoms with E-state index in [1.54, 1.807) is 7.11 Å². The van der Waals surface area contributed by atoms with Crippen LogP contribution >= 0.6 is 0 Å². The summed E-state index contributed by atoms with van der Waals surface area (Å²) in [5.41, 5.74) is 4.55. The van der Waals surface area contributed by atoms with Crippen LogP contribution < -0.4 is 0 Å². The largest absolute Gasteiger partial charge is 0.501 e. The molecule has 134 valence electrons. The minimum atomic E-state index is 0.223. The molecular weight excluding hydrogens is 300 g/mol. The van der Waals surface area contributed by atoms with Gasteiger partial charge in [0.15, 0.2) is 0 Å². The van der Waals surface area contributed by atoms with Crippen molar-refractivity contribution in [1.29, 1.82) is 0 Å². The van der Waals surface area contributed by atoms with Gasteiger partial charge in [-0.2, -0.15) is 0 Å². The lowest BCUT2D eigenvalue weighted by atomic mass is 10.0. The van der Waals surface area contributed by atoms with E-state index in [0.29, 0.717) is 12.5 Å². The first-order chi connectivity index (χ1) is 11.4. The van der Waals surface area contributed by atoms with Crippen molar-refractivity contribution in [3.05, 3.63) is 47.9 Å². The molecule has 24 heavy (non-hydrogen) atoms. The molecule has 0 bridgehead atoms. The molecule has 3 nitrogen and oxygen atoms in total. The zero-order valence-electron chi connectivity index (χ0n) is 16.0. The van der Waals surface area contributed by atoms with E-state index in [0.717, 1.165) is 35.3 Å². The lowest BCUT2D eigenvalue weighted by molar-refractivity contribution is 0.0877. The second-order valence-electron chi connectivity index (χ2n) is 6.62. The Bertz CT molecular complexity index is 544. The molecule has 1 rings (SSSR count). The third kappa shape index (κ3) is 7.69. The van der Waals surface area contributed by atoms with E-state index in [1.165, 1.54) is 0 Å². The summed E-state index contributed by atoms with van der Waals surface area (Å²) >= 11 is 0. The van der Waals surface area contributed by atoms with Crippen molar-refractivity contribution in [3.8, 4) is 0 Å². The second-order valence-corrected chi connectivity index (χ2v) is 6.62. The average Bonchev–Trinajstić information content (AvgIpc) is 2.57. The molecule has 3 heteroatoms. The molecule has 0 heterocycles. The van der Waals surface area contributed by atoms with Crippen molar-refractivity contribution in [2.45, 2.75) is 47.1 Å². The molecule has 0 spiro atoms. The maximum Gasteiger partial charge on any atom is 0.0898 e. The summed E-state index contributed by atoms with van der Waals surface area (Å²) in [4.78, 5) is 0. The van der Waals surface area contributed by atoms with E-state index in [-0.39, 0.29) is 6.10 Å². The van der Waals surface area contributed by atoms with Gasteiger partial charge >= 0.3 is 0 Å². The number of benzene rings is 1. The monoisotopic (exact) mass is 332 g/mol. The van der Waals surface area contributed by atoms with E-state index in [1.807, 2.05) is 19.4 Å². The molecule has 1 aromatic carbocycles. The van der Waals surface area contributed by atoms with Gasteiger partial charge in [0.25, 0.3) is 0 Å². The Morgan fingerprint density at radius 1 is 1.00 bits per heavy atom. The lowest BCUT2D eigenvalue weighted by Crippen LogP contribution is -2.07. The van der Waals surface area contributed by atoms with Crippen molar-refractivity contribution >= 4 is 11.1 Å². The first-order valence-corrected chi connectivity index (χ1v) is 8.64. The van der Waals surface area contributed by atoms with E-state index >= 15 is 0 Å². The Labute approximate surface area is 147 Å². The molecule has 1 unspecified atom stereocenters. The molecule has 1 aromatic rings. The molecule has 0 fully saturated rings. The first kappa shape index (κ1) is 20.3. The number of ether oxygens (including phenoxy) is 3. The normalized spacial score (nSPS) is 14.0. The Kier molecular flexibility index (Phi) is 9.24. The summed E-state index contributed by atoms with van der Waals surface area (Å²) in [6, 6.07) is 8.42. The second kappa shape index (κ2) is 10.9. The molecule has 0 N–H and O–H groups in total. The van der Waals surface area contributed by atoms with Crippen molar-refractivity contribution < 1.29 is 14.2 Å². The molecule has 1 atom stereocenters. The number of allylic oxidation sites excluding steroid dienone is 2. The molecule has 0 amide bonds. The van der Waals surface area contributed by atoms with Gasteiger partial charge in [0.2, 0.25) is 0 Å². The van der Waals surface area contributed by atoms with Gasteiger partial charge in [-0.25, -0.2) is 0 Å². The predicted molar refractivity (Wildman–Crippen MR) is 102 cm³/mol. The highest BCUT2D eigenvalue weighted by Gasteiger charge is 2.02. The topological polar surface area (TPSA) is 27.7 Å². The van der Waals surface area contributed by atoms with Gasteiger partial charge in [0.1, 0.15) is 0 Å². The van der Waals surface area contributed by atoms with Crippen LogP contribution in [-0.2, 0) is 14.2 Å². The van der Waals surface area contributed by atoms with E-state index < -0.39 is 0 Å². The average molecular weight is 332 g/mol. The fourth-order valence-electron chi connectivity index (χ4n) is 2.05. The van der Waals surface area contributed by atoms with Gasteiger partial charge in [0.05, 0.1) is 31.8 Å². The zero-order chi connectivity index (χ0) is 17.9. The fourth-order valence-corrected chi connectivity index (χ4v) is 2.05. The minimum absolute atomic E-state index is 0.223. The van der Waals surface area contributed by atoms with Crippen LogP contribution in [0.15, 0.2) is 36.8 Å². The van der Waals surface area contributed by atoms with Crippen LogP contribution in [0.4, 0.5) is 0 Å².